The van der Waals surface area contributed by atoms with Crippen molar-refractivity contribution in [3.8, 4) is 0 Å². The molecule has 0 unspecified atom stereocenters. The molecule has 8 heteroatoms. The Labute approximate surface area is 126 Å². The van der Waals surface area contributed by atoms with Gasteiger partial charge in [0.2, 0.25) is 0 Å². The Balaban J connectivity index is 2.23. The second-order valence-electron chi connectivity index (χ2n) is 4.15. The molecule has 0 aliphatic rings. The van der Waals surface area contributed by atoms with E-state index in [2.05, 4.69) is 21.2 Å². The standard InChI is InChI=1S/C13H10BrF3N2O2/c14-8-3-7(13(15,16)17)4-9(5-8)19-12(20)11-2-1-10(6-18)21-11/h1-5H,6,18H2,(H,19,20). The van der Waals surface area contributed by atoms with E-state index in [9.17, 15) is 18.0 Å². The summed E-state index contributed by atoms with van der Waals surface area (Å²) in [5.74, 6) is -0.268. The van der Waals surface area contributed by atoms with Crippen LogP contribution in [0, 0.1) is 0 Å². The lowest BCUT2D eigenvalue weighted by atomic mass is 10.2. The highest BCUT2D eigenvalue weighted by Gasteiger charge is 2.31. The molecule has 1 aromatic carbocycles. The van der Waals surface area contributed by atoms with Crippen LogP contribution in [0.2, 0.25) is 0 Å². The first-order valence-corrected chi connectivity index (χ1v) is 6.57. The quantitative estimate of drug-likeness (QED) is 0.872. The largest absolute Gasteiger partial charge is 0.455 e. The fraction of sp³-hybridized carbons (Fsp3) is 0.154. The van der Waals surface area contributed by atoms with Gasteiger partial charge in [0.1, 0.15) is 5.76 Å². The summed E-state index contributed by atoms with van der Waals surface area (Å²) in [5, 5.41) is 2.35. The molecule has 0 aliphatic carbocycles. The molecular weight excluding hydrogens is 353 g/mol. The average Bonchev–Trinajstić information content (AvgIpc) is 2.85. The van der Waals surface area contributed by atoms with Crippen LogP contribution in [0.25, 0.3) is 0 Å². The molecule has 1 amide bonds. The van der Waals surface area contributed by atoms with E-state index in [-0.39, 0.29) is 22.5 Å². The number of halogens is 4. The van der Waals surface area contributed by atoms with Crippen molar-refractivity contribution in [1.82, 2.24) is 0 Å². The summed E-state index contributed by atoms with van der Waals surface area (Å²) in [5.41, 5.74) is 4.49. The van der Waals surface area contributed by atoms with Gasteiger partial charge < -0.3 is 15.5 Å². The molecule has 21 heavy (non-hydrogen) atoms. The number of nitrogens with two attached hydrogens (primary N) is 1. The van der Waals surface area contributed by atoms with E-state index in [0.29, 0.717) is 5.76 Å². The first-order valence-electron chi connectivity index (χ1n) is 5.77. The van der Waals surface area contributed by atoms with Gasteiger partial charge in [-0.1, -0.05) is 15.9 Å². The molecule has 112 valence electrons. The first kappa shape index (κ1) is 15.6. The van der Waals surface area contributed by atoms with Crippen LogP contribution in [-0.2, 0) is 12.7 Å². The highest BCUT2D eigenvalue weighted by atomic mass is 79.9. The Morgan fingerprint density at radius 1 is 1.29 bits per heavy atom. The van der Waals surface area contributed by atoms with E-state index in [1.807, 2.05) is 0 Å². The summed E-state index contributed by atoms with van der Waals surface area (Å²) in [6.07, 6.45) is -4.50. The van der Waals surface area contributed by atoms with Crippen molar-refractivity contribution < 1.29 is 22.4 Å². The van der Waals surface area contributed by atoms with Gasteiger partial charge in [0, 0.05) is 10.2 Å². The summed E-state index contributed by atoms with van der Waals surface area (Å²) < 4.78 is 43.4. The van der Waals surface area contributed by atoms with E-state index in [4.69, 9.17) is 10.2 Å². The number of furan rings is 1. The molecule has 0 atom stereocenters. The van der Waals surface area contributed by atoms with Crippen molar-refractivity contribution in [3.05, 3.63) is 51.9 Å². The van der Waals surface area contributed by atoms with Crippen molar-refractivity contribution in [2.45, 2.75) is 12.7 Å². The lowest BCUT2D eigenvalue weighted by Crippen LogP contribution is -2.12. The first-order chi connectivity index (χ1) is 9.79. The number of rotatable bonds is 3. The summed E-state index contributed by atoms with van der Waals surface area (Å²) in [6, 6.07) is 6.06. The van der Waals surface area contributed by atoms with E-state index < -0.39 is 17.6 Å². The maximum absolute atomic E-state index is 12.7. The Kier molecular flexibility index (Phi) is 4.38. The smallest absolute Gasteiger partial charge is 0.416 e. The molecule has 3 N–H and O–H groups in total. The number of anilines is 1. The predicted octanol–water partition coefficient (Wildman–Crippen LogP) is 3.77. The number of amides is 1. The van der Waals surface area contributed by atoms with Crippen LogP contribution >= 0.6 is 15.9 Å². The Morgan fingerprint density at radius 3 is 2.57 bits per heavy atom. The summed E-state index contributed by atoms with van der Waals surface area (Å²) in [7, 11) is 0. The van der Waals surface area contributed by atoms with Crippen molar-refractivity contribution in [3.63, 3.8) is 0 Å². The molecule has 0 saturated heterocycles. The molecule has 1 heterocycles. The number of hydrogen-bond donors (Lipinski definition) is 2. The highest BCUT2D eigenvalue weighted by molar-refractivity contribution is 9.10. The molecule has 2 rings (SSSR count). The van der Waals surface area contributed by atoms with Crippen LogP contribution < -0.4 is 11.1 Å². The Morgan fingerprint density at radius 2 is 2.00 bits per heavy atom. The SMILES string of the molecule is NCc1ccc(C(=O)Nc2cc(Br)cc(C(F)(F)F)c2)o1. The van der Waals surface area contributed by atoms with E-state index >= 15 is 0 Å². The fourth-order valence-corrected chi connectivity index (χ4v) is 2.12. The third-order valence-electron chi connectivity index (χ3n) is 2.57. The molecule has 0 saturated carbocycles. The van der Waals surface area contributed by atoms with Crippen molar-refractivity contribution >= 4 is 27.5 Å². The van der Waals surface area contributed by atoms with Gasteiger partial charge in [-0.25, -0.2) is 0 Å². The lowest BCUT2D eigenvalue weighted by Gasteiger charge is -2.10. The normalized spacial score (nSPS) is 11.5. The maximum atomic E-state index is 12.7. The minimum absolute atomic E-state index is 0.00685. The zero-order valence-corrected chi connectivity index (χ0v) is 12.1. The van der Waals surface area contributed by atoms with Crippen LogP contribution in [0.4, 0.5) is 18.9 Å². The minimum Gasteiger partial charge on any atom is -0.455 e. The summed E-state index contributed by atoms with van der Waals surface area (Å²) in [6.45, 7) is 0.127. The van der Waals surface area contributed by atoms with Crippen LogP contribution in [0.1, 0.15) is 21.9 Å². The third-order valence-corrected chi connectivity index (χ3v) is 3.03. The molecule has 1 aromatic heterocycles. The van der Waals surface area contributed by atoms with Crippen LogP contribution in [0.3, 0.4) is 0 Å². The van der Waals surface area contributed by atoms with Gasteiger partial charge >= 0.3 is 6.18 Å². The predicted molar refractivity (Wildman–Crippen MR) is 73.7 cm³/mol. The molecule has 0 bridgehead atoms. The van der Waals surface area contributed by atoms with Crippen LogP contribution in [-0.4, -0.2) is 5.91 Å². The van der Waals surface area contributed by atoms with Gasteiger partial charge in [0.15, 0.2) is 5.76 Å². The molecule has 4 nitrogen and oxygen atoms in total. The summed E-state index contributed by atoms with van der Waals surface area (Å²) in [4.78, 5) is 11.9. The van der Waals surface area contributed by atoms with Crippen LogP contribution in [0.15, 0.2) is 39.2 Å². The number of carbonyl (C=O) groups is 1. The van der Waals surface area contributed by atoms with Crippen molar-refractivity contribution in [2.75, 3.05) is 5.32 Å². The summed E-state index contributed by atoms with van der Waals surface area (Å²) >= 11 is 2.98. The monoisotopic (exact) mass is 362 g/mol. The number of carbonyl (C=O) groups excluding carboxylic acids is 1. The molecule has 0 fully saturated rings. The number of alkyl halides is 3. The van der Waals surface area contributed by atoms with E-state index in [1.54, 1.807) is 0 Å². The van der Waals surface area contributed by atoms with Gasteiger partial charge in [0.05, 0.1) is 12.1 Å². The Bertz CT molecular complexity index is 668. The number of hydrogen-bond acceptors (Lipinski definition) is 3. The van der Waals surface area contributed by atoms with Gasteiger partial charge in [-0.05, 0) is 30.3 Å². The molecule has 0 radical (unpaired) electrons. The average molecular weight is 363 g/mol. The van der Waals surface area contributed by atoms with E-state index in [0.717, 1.165) is 12.1 Å². The number of benzene rings is 1. The van der Waals surface area contributed by atoms with Crippen LogP contribution in [0.5, 0.6) is 0 Å². The second-order valence-corrected chi connectivity index (χ2v) is 5.07. The van der Waals surface area contributed by atoms with E-state index in [1.165, 1.54) is 18.2 Å². The molecule has 0 aliphatic heterocycles. The number of nitrogens with one attached hydrogen (secondary N) is 1. The lowest BCUT2D eigenvalue weighted by molar-refractivity contribution is -0.137. The third kappa shape index (κ3) is 3.85. The minimum atomic E-state index is -4.50. The zero-order valence-electron chi connectivity index (χ0n) is 10.5. The molecule has 2 aromatic rings. The zero-order chi connectivity index (χ0) is 15.6. The van der Waals surface area contributed by atoms with Gasteiger partial charge in [-0.15, -0.1) is 0 Å². The highest BCUT2D eigenvalue weighted by Crippen LogP contribution is 2.33. The maximum Gasteiger partial charge on any atom is 0.416 e. The van der Waals surface area contributed by atoms with Gasteiger partial charge in [-0.3, -0.25) is 4.79 Å². The second kappa shape index (κ2) is 5.90. The fourth-order valence-electron chi connectivity index (χ4n) is 1.63. The molecular formula is C13H10BrF3N2O2. The van der Waals surface area contributed by atoms with Crippen molar-refractivity contribution in [1.29, 1.82) is 0 Å². The Hall–Kier alpha value is -1.80. The topological polar surface area (TPSA) is 68.3 Å². The molecule has 0 spiro atoms. The van der Waals surface area contributed by atoms with Gasteiger partial charge in [-0.2, -0.15) is 13.2 Å². The van der Waals surface area contributed by atoms with Gasteiger partial charge in [0.25, 0.3) is 5.91 Å². The van der Waals surface area contributed by atoms with Crippen molar-refractivity contribution in [2.24, 2.45) is 5.73 Å².